The molecule has 1 aromatic rings. The molecule has 1 atom stereocenters. The molecular formula is C11H14F3N3. The Balaban J connectivity index is 2.17. The van der Waals surface area contributed by atoms with Crippen LogP contribution in [0.1, 0.15) is 17.3 Å². The molecule has 1 aromatic heterocycles. The number of halogens is 3. The highest BCUT2D eigenvalue weighted by Gasteiger charge is 2.32. The summed E-state index contributed by atoms with van der Waals surface area (Å²) >= 11 is 0. The molecule has 1 unspecified atom stereocenters. The number of nitrogens with zero attached hydrogens (tertiary/aromatic N) is 2. The van der Waals surface area contributed by atoms with E-state index in [9.17, 15) is 13.2 Å². The first-order valence-corrected chi connectivity index (χ1v) is 5.42. The van der Waals surface area contributed by atoms with E-state index in [1.54, 1.807) is 0 Å². The van der Waals surface area contributed by atoms with Crippen LogP contribution < -0.4 is 5.32 Å². The van der Waals surface area contributed by atoms with E-state index in [-0.39, 0.29) is 6.04 Å². The summed E-state index contributed by atoms with van der Waals surface area (Å²) in [6, 6.07) is 2.64. The highest BCUT2D eigenvalue weighted by atomic mass is 19.4. The molecule has 1 fully saturated rings. The molecule has 0 amide bonds. The van der Waals surface area contributed by atoms with Gasteiger partial charge in [0.1, 0.15) is 5.69 Å². The third kappa shape index (κ3) is 2.76. The highest BCUT2D eigenvalue weighted by molar-refractivity contribution is 5.20. The number of hydrogen-bond acceptors (Lipinski definition) is 3. The number of alkyl halides is 3. The van der Waals surface area contributed by atoms with Crippen LogP contribution in [0.5, 0.6) is 0 Å². The molecule has 0 saturated carbocycles. The first kappa shape index (κ1) is 12.3. The second kappa shape index (κ2) is 4.62. The summed E-state index contributed by atoms with van der Waals surface area (Å²) in [5.74, 6) is 0. The van der Waals surface area contributed by atoms with Gasteiger partial charge >= 0.3 is 6.18 Å². The van der Waals surface area contributed by atoms with E-state index in [2.05, 4.69) is 15.2 Å². The molecule has 1 aliphatic rings. The molecule has 1 saturated heterocycles. The van der Waals surface area contributed by atoms with Crippen molar-refractivity contribution in [3.05, 3.63) is 29.6 Å². The minimum atomic E-state index is -4.37. The maximum Gasteiger partial charge on any atom is 0.433 e. The van der Waals surface area contributed by atoms with E-state index in [0.29, 0.717) is 0 Å². The number of hydrogen-bond donors (Lipinski definition) is 1. The van der Waals surface area contributed by atoms with Crippen molar-refractivity contribution >= 4 is 0 Å². The fourth-order valence-electron chi connectivity index (χ4n) is 1.95. The molecule has 1 aliphatic heterocycles. The molecule has 17 heavy (non-hydrogen) atoms. The number of nitrogens with one attached hydrogen (secondary N) is 1. The van der Waals surface area contributed by atoms with Crippen LogP contribution in [0.2, 0.25) is 0 Å². The van der Waals surface area contributed by atoms with Crippen LogP contribution in [0.4, 0.5) is 13.2 Å². The van der Waals surface area contributed by atoms with Crippen LogP contribution in [-0.2, 0) is 6.18 Å². The van der Waals surface area contributed by atoms with Crippen molar-refractivity contribution in [3.63, 3.8) is 0 Å². The quantitative estimate of drug-likeness (QED) is 0.816. The van der Waals surface area contributed by atoms with Crippen molar-refractivity contribution in [3.8, 4) is 0 Å². The van der Waals surface area contributed by atoms with Gasteiger partial charge in [-0.15, -0.1) is 0 Å². The van der Waals surface area contributed by atoms with Gasteiger partial charge in [0, 0.05) is 31.9 Å². The molecule has 0 spiro atoms. The summed E-state index contributed by atoms with van der Waals surface area (Å²) in [7, 11) is 1.96. The summed E-state index contributed by atoms with van der Waals surface area (Å²) in [5.41, 5.74) is -0.0274. The van der Waals surface area contributed by atoms with Crippen molar-refractivity contribution in [2.45, 2.75) is 12.2 Å². The van der Waals surface area contributed by atoms with E-state index in [0.717, 1.165) is 31.3 Å². The van der Waals surface area contributed by atoms with E-state index in [1.165, 1.54) is 12.3 Å². The van der Waals surface area contributed by atoms with Crippen LogP contribution in [-0.4, -0.2) is 36.6 Å². The number of pyridine rings is 1. The lowest BCUT2D eigenvalue weighted by molar-refractivity contribution is -0.141. The molecule has 1 N–H and O–H groups in total. The largest absolute Gasteiger partial charge is 0.433 e. The van der Waals surface area contributed by atoms with Gasteiger partial charge in [-0.3, -0.25) is 9.88 Å². The minimum absolute atomic E-state index is 0.0959. The van der Waals surface area contributed by atoms with Gasteiger partial charge < -0.3 is 5.32 Å². The van der Waals surface area contributed by atoms with Gasteiger partial charge in [-0.05, 0) is 18.7 Å². The van der Waals surface area contributed by atoms with Gasteiger partial charge in [0.2, 0.25) is 0 Å². The Labute approximate surface area is 97.6 Å². The van der Waals surface area contributed by atoms with Crippen molar-refractivity contribution in [2.75, 3.05) is 26.7 Å². The van der Waals surface area contributed by atoms with E-state index in [4.69, 9.17) is 0 Å². The maximum absolute atomic E-state index is 12.4. The van der Waals surface area contributed by atoms with Crippen molar-refractivity contribution in [2.24, 2.45) is 0 Å². The lowest BCUT2D eigenvalue weighted by Crippen LogP contribution is -2.43. The number of piperazine rings is 1. The predicted octanol–water partition coefficient (Wildman–Crippen LogP) is 1.68. The van der Waals surface area contributed by atoms with Gasteiger partial charge in [-0.2, -0.15) is 13.2 Å². The molecule has 0 aliphatic carbocycles. The van der Waals surface area contributed by atoms with Gasteiger partial charge in [0.15, 0.2) is 0 Å². The van der Waals surface area contributed by atoms with Gasteiger partial charge in [-0.25, -0.2) is 0 Å². The maximum atomic E-state index is 12.4. The van der Waals surface area contributed by atoms with Crippen LogP contribution >= 0.6 is 0 Å². The standard InChI is InChI=1S/C11H14F3N3/c1-17-5-4-15-7-9(17)8-2-3-10(16-6-8)11(12,13)14/h2-3,6,9,15H,4-5,7H2,1H3. The molecule has 94 valence electrons. The van der Waals surface area contributed by atoms with E-state index >= 15 is 0 Å². The molecule has 0 bridgehead atoms. The van der Waals surface area contributed by atoms with Crippen LogP contribution in [0.15, 0.2) is 18.3 Å². The molecule has 0 aromatic carbocycles. The first-order chi connectivity index (χ1) is 7.98. The molecular weight excluding hydrogens is 231 g/mol. The number of rotatable bonds is 1. The second-order valence-corrected chi connectivity index (χ2v) is 4.18. The summed E-state index contributed by atoms with van der Waals surface area (Å²) in [5, 5.41) is 3.22. The fourth-order valence-corrected chi connectivity index (χ4v) is 1.95. The summed E-state index contributed by atoms with van der Waals surface area (Å²) < 4.78 is 37.1. The van der Waals surface area contributed by atoms with Crippen molar-refractivity contribution in [1.82, 2.24) is 15.2 Å². The molecule has 2 rings (SSSR count). The Morgan fingerprint density at radius 2 is 2.18 bits per heavy atom. The SMILES string of the molecule is CN1CCNCC1c1ccc(C(F)(F)F)nc1. The average Bonchev–Trinajstić information content (AvgIpc) is 2.29. The summed E-state index contributed by atoms with van der Waals surface area (Å²) in [6.45, 7) is 2.52. The smallest absolute Gasteiger partial charge is 0.314 e. The zero-order valence-corrected chi connectivity index (χ0v) is 9.46. The lowest BCUT2D eigenvalue weighted by atomic mass is 10.1. The number of aromatic nitrogens is 1. The normalized spacial score (nSPS) is 22.7. The van der Waals surface area contributed by atoms with Crippen molar-refractivity contribution < 1.29 is 13.2 Å². The minimum Gasteiger partial charge on any atom is -0.314 e. The third-order valence-corrected chi connectivity index (χ3v) is 2.97. The molecule has 3 nitrogen and oxygen atoms in total. The van der Waals surface area contributed by atoms with Crippen LogP contribution in [0, 0.1) is 0 Å². The summed E-state index contributed by atoms with van der Waals surface area (Å²) in [6.07, 6.45) is -3.05. The Morgan fingerprint density at radius 3 is 2.71 bits per heavy atom. The molecule has 2 heterocycles. The Bertz CT molecular complexity index is 375. The molecule has 6 heteroatoms. The second-order valence-electron chi connectivity index (χ2n) is 4.18. The zero-order valence-electron chi connectivity index (χ0n) is 9.46. The molecule has 0 radical (unpaired) electrons. The monoisotopic (exact) mass is 245 g/mol. The number of likely N-dealkylation sites (N-methyl/N-ethyl adjacent to an activating group) is 1. The highest BCUT2D eigenvalue weighted by Crippen LogP contribution is 2.28. The Morgan fingerprint density at radius 1 is 1.41 bits per heavy atom. The van der Waals surface area contributed by atoms with Crippen LogP contribution in [0.3, 0.4) is 0 Å². The Hall–Kier alpha value is -1.14. The Kier molecular flexibility index (Phi) is 3.35. The zero-order chi connectivity index (χ0) is 12.5. The van der Waals surface area contributed by atoms with Gasteiger partial charge in [0.05, 0.1) is 0 Å². The van der Waals surface area contributed by atoms with E-state index < -0.39 is 11.9 Å². The lowest BCUT2D eigenvalue weighted by Gasteiger charge is -2.33. The van der Waals surface area contributed by atoms with Gasteiger partial charge in [-0.1, -0.05) is 6.07 Å². The van der Waals surface area contributed by atoms with Crippen molar-refractivity contribution in [1.29, 1.82) is 0 Å². The average molecular weight is 245 g/mol. The predicted molar refractivity (Wildman–Crippen MR) is 57.5 cm³/mol. The first-order valence-electron chi connectivity index (χ1n) is 5.42. The fraction of sp³-hybridized carbons (Fsp3) is 0.545. The summed E-state index contributed by atoms with van der Waals surface area (Å²) in [4.78, 5) is 5.59. The van der Waals surface area contributed by atoms with E-state index in [1.807, 2.05) is 7.05 Å². The topological polar surface area (TPSA) is 28.2 Å². The van der Waals surface area contributed by atoms with Crippen LogP contribution in [0.25, 0.3) is 0 Å². The third-order valence-electron chi connectivity index (χ3n) is 2.97. The van der Waals surface area contributed by atoms with Gasteiger partial charge in [0.25, 0.3) is 0 Å².